The van der Waals surface area contributed by atoms with E-state index < -0.39 is 0 Å². The van der Waals surface area contributed by atoms with Gasteiger partial charge in [-0.3, -0.25) is 14.0 Å². The van der Waals surface area contributed by atoms with Crippen LogP contribution < -0.4 is 16.3 Å². The highest BCUT2D eigenvalue weighted by Gasteiger charge is 2.13. The van der Waals surface area contributed by atoms with E-state index >= 15 is 0 Å². The molecule has 0 aliphatic carbocycles. The zero-order valence-corrected chi connectivity index (χ0v) is 18.4. The number of anilines is 2. The Morgan fingerprint density at radius 3 is 2.75 bits per heavy atom. The second kappa shape index (κ2) is 9.15. The molecule has 0 atom stereocenters. The number of aromatic nitrogens is 4. The van der Waals surface area contributed by atoms with Gasteiger partial charge in [-0.05, 0) is 29.8 Å². The molecule has 0 fully saturated rings. The molecule has 1 aromatic carbocycles. The molecule has 3 heterocycles. The number of nitrogens with one attached hydrogen (secondary N) is 2. The van der Waals surface area contributed by atoms with Crippen LogP contribution in [-0.2, 0) is 22.6 Å². The highest BCUT2D eigenvalue weighted by atomic mass is 32.1. The minimum absolute atomic E-state index is 0.0875. The molecule has 9 nitrogen and oxygen atoms in total. The Bertz CT molecular complexity index is 1340. The van der Waals surface area contributed by atoms with Crippen molar-refractivity contribution in [3.05, 3.63) is 75.8 Å². The third kappa shape index (κ3) is 4.92. The van der Waals surface area contributed by atoms with E-state index in [2.05, 4.69) is 20.7 Å². The number of amides is 2. The van der Waals surface area contributed by atoms with Gasteiger partial charge in [0.15, 0.2) is 10.8 Å². The molecule has 0 spiro atoms. The van der Waals surface area contributed by atoms with Crippen LogP contribution in [0.3, 0.4) is 0 Å². The maximum Gasteiger partial charge on any atom is 0.350 e. The van der Waals surface area contributed by atoms with Crippen LogP contribution in [0.15, 0.2) is 58.8 Å². The predicted octanol–water partition coefficient (Wildman–Crippen LogP) is 2.78. The fraction of sp³-hybridized carbons (Fsp3) is 0.227. The summed E-state index contributed by atoms with van der Waals surface area (Å²) in [6.45, 7) is 3.89. The average Bonchev–Trinajstić information content (AvgIpc) is 3.32. The van der Waals surface area contributed by atoms with Crippen molar-refractivity contribution in [1.29, 1.82) is 0 Å². The van der Waals surface area contributed by atoms with Crippen LogP contribution in [0.1, 0.15) is 25.1 Å². The fourth-order valence-corrected chi connectivity index (χ4v) is 3.77. The highest BCUT2D eigenvalue weighted by Crippen LogP contribution is 2.18. The quantitative estimate of drug-likeness (QED) is 0.450. The molecule has 0 radical (unpaired) electrons. The lowest BCUT2D eigenvalue weighted by atomic mass is 10.2. The van der Waals surface area contributed by atoms with Gasteiger partial charge in [-0.1, -0.05) is 32.0 Å². The fourth-order valence-electron chi connectivity index (χ4n) is 3.06. The zero-order valence-electron chi connectivity index (χ0n) is 17.6. The molecule has 0 aliphatic heterocycles. The number of fused-ring (bicyclic) bond motifs is 1. The van der Waals surface area contributed by atoms with Crippen LogP contribution in [0.5, 0.6) is 0 Å². The summed E-state index contributed by atoms with van der Waals surface area (Å²) in [6.07, 6.45) is 1.76. The number of thiazole rings is 1. The molecule has 164 valence electrons. The van der Waals surface area contributed by atoms with Crippen molar-refractivity contribution in [2.45, 2.75) is 26.8 Å². The second-order valence-corrected chi connectivity index (χ2v) is 8.44. The maximum absolute atomic E-state index is 12.5. The Labute approximate surface area is 187 Å². The minimum Gasteiger partial charge on any atom is -0.326 e. The molecule has 0 aliphatic rings. The standard InChI is InChI=1S/C22H22N6O3S/c1-14(2)20(30)25-21-24-17(13-32-21)11-19(29)23-16-7-5-6-15(10-16)12-28-22(31)27-9-4-3-8-18(27)26-28/h3-10,13-14H,11-12H2,1-2H3,(H,23,29)(H,24,25,30). The first kappa shape index (κ1) is 21.4. The first-order valence-electron chi connectivity index (χ1n) is 10.1. The number of benzene rings is 1. The summed E-state index contributed by atoms with van der Waals surface area (Å²) in [4.78, 5) is 41.0. The lowest BCUT2D eigenvalue weighted by molar-refractivity contribution is -0.119. The van der Waals surface area contributed by atoms with E-state index in [9.17, 15) is 14.4 Å². The molecule has 10 heteroatoms. The maximum atomic E-state index is 12.5. The number of carbonyl (C=O) groups excluding carboxylic acids is 2. The topological polar surface area (TPSA) is 110 Å². The van der Waals surface area contributed by atoms with E-state index in [1.807, 2.05) is 24.3 Å². The molecule has 4 aromatic rings. The normalized spacial score (nSPS) is 11.1. The van der Waals surface area contributed by atoms with Gasteiger partial charge in [-0.25, -0.2) is 14.5 Å². The molecular formula is C22H22N6O3S. The van der Waals surface area contributed by atoms with E-state index in [0.717, 1.165) is 5.56 Å². The summed E-state index contributed by atoms with van der Waals surface area (Å²) in [6, 6.07) is 12.6. The van der Waals surface area contributed by atoms with E-state index in [1.165, 1.54) is 20.4 Å². The number of rotatable bonds is 7. The van der Waals surface area contributed by atoms with Gasteiger partial charge in [-0.2, -0.15) is 0 Å². The summed E-state index contributed by atoms with van der Waals surface area (Å²) in [5.74, 6) is -0.481. The number of hydrogen-bond acceptors (Lipinski definition) is 6. The second-order valence-electron chi connectivity index (χ2n) is 7.58. The van der Waals surface area contributed by atoms with Gasteiger partial charge in [0.2, 0.25) is 11.8 Å². The lowest BCUT2D eigenvalue weighted by Gasteiger charge is -2.07. The van der Waals surface area contributed by atoms with Crippen molar-refractivity contribution in [3.63, 3.8) is 0 Å². The van der Waals surface area contributed by atoms with Crippen LogP contribution in [0, 0.1) is 5.92 Å². The number of carbonyl (C=O) groups is 2. The van der Waals surface area contributed by atoms with Crippen LogP contribution in [0.25, 0.3) is 5.65 Å². The monoisotopic (exact) mass is 450 g/mol. The molecular weight excluding hydrogens is 428 g/mol. The minimum atomic E-state index is -0.223. The molecule has 2 amide bonds. The first-order chi connectivity index (χ1) is 15.4. The molecule has 0 saturated heterocycles. The Kier molecular flexibility index (Phi) is 6.13. The Morgan fingerprint density at radius 1 is 1.12 bits per heavy atom. The molecule has 2 N–H and O–H groups in total. The summed E-state index contributed by atoms with van der Waals surface area (Å²) in [5, 5.41) is 12.1. The molecule has 0 bridgehead atoms. The summed E-state index contributed by atoms with van der Waals surface area (Å²) in [5.41, 5.74) is 2.39. The van der Waals surface area contributed by atoms with Gasteiger partial charge in [0, 0.05) is 23.2 Å². The van der Waals surface area contributed by atoms with Crippen molar-refractivity contribution in [3.8, 4) is 0 Å². The van der Waals surface area contributed by atoms with Gasteiger partial charge < -0.3 is 10.6 Å². The van der Waals surface area contributed by atoms with Crippen LogP contribution in [-0.4, -0.2) is 31.0 Å². The van der Waals surface area contributed by atoms with Gasteiger partial charge in [0.25, 0.3) is 0 Å². The predicted molar refractivity (Wildman–Crippen MR) is 123 cm³/mol. The molecule has 0 unspecified atom stereocenters. The lowest BCUT2D eigenvalue weighted by Crippen LogP contribution is -2.21. The van der Waals surface area contributed by atoms with Crippen molar-refractivity contribution in [2.75, 3.05) is 10.6 Å². The number of hydrogen-bond donors (Lipinski definition) is 2. The molecule has 3 aromatic heterocycles. The van der Waals surface area contributed by atoms with E-state index in [-0.39, 0.29) is 36.4 Å². The van der Waals surface area contributed by atoms with Crippen molar-refractivity contribution >= 4 is 39.6 Å². The zero-order chi connectivity index (χ0) is 22.7. The van der Waals surface area contributed by atoms with Gasteiger partial charge in [0.1, 0.15) is 0 Å². The Morgan fingerprint density at radius 2 is 1.97 bits per heavy atom. The third-order valence-electron chi connectivity index (χ3n) is 4.68. The smallest absolute Gasteiger partial charge is 0.326 e. The van der Waals surface area contributed by atoms with Crippen LogP contribution in [0.2, 0.25) is 0 Å². The van der Waals surface area contributed by atoms with Crippen molar-refractivity contribution < 1.29 is 9.59 Å². The van der Waals surface area contributed by atoms with Crippen LogP contribution >= 0.6 is 11.3 Å². The molecule has 4 rings (SSSR count). The first-order valence-corrected chi connectivity index (χ1v) is 11.0. The highest BCUT2D eigenvalue weighted by molar-refractivity contribution is 7.13. The molecule has 0 saturated carbocycles. The average molecular weight is 451 g/mol. The molecule has 32 heavy (non-hydrogen) atoms. The van der Waals surface area contributed by atoms with Crippen molar-refractivity contribution in [2.24, 2.45) is 5.92 Å². The number of pyridine rings is 1. The van der Waals surface area contributed by atoms with Crippen molar-refractivity contribution in [1.82, 2.24) is 19.2 Å². The van der Waals surface area contributed by atoms with E-state index in [1.54, 1.807) is 43.6 Å². The third-order valence-corrected chi connectivity index (χ3v) is 5.49. The van der Waals surface area contributed by atoms with E-state index in [0.29, 0.717) is 22.2 Å². The van der Waals surface area contributed by atoms with Gasteiger partial charge in [0.05, 0.1) is 18.7 Å². The van der Waals surface area contributed by atoms with Gasteiger partial charge in [-0.15, -0.1) is 16.4 Å². The SMILES string of the molecule is CC(C)C(=O)Nc1nc(CC(=O)Nc2cccc(Cn3nc4ccccn4c3=O)c2)cs1. The summed E-state index contributed by atoms with van der Waals surface area (Å²) in [7, 11) is 0. The Hall–Kier alpha value is -3.79. The van der Waals surface area contributed by atoms with Crippen LogP contribution in [0.4, 0.5) is 10.8 Å². The Balaban J connectivity index is 1.40. The summed E-state index contributed by atoms with van der Waals surface area (Å²) < 4.78 is 2.87. The largest absolute Gasteiger partial charge is 0.350 e. The summed E-state index contributed by atoms with van der Waals surface area (Å²) >= 11 is 1.29. The van der Waals surface area contributed by atoms with E-state index in [4.69, 9.17) is 0 Å². The number of nitrogens with zero attached hydrogens (tertiary/aromatic N) is 4. The van der Waals surface area contributed by atoms with Gasteiger partial charge >= 0.3 is 5.69 Å².